The summed E-state index contributed by atoms with van der Waals surface area (Å²) in [5, 5.41) is 3.87. The molecule has 0 atom stereocenters. The number of carbonyl (C=O) groups is 1. The number of fused-ring (bicyclic) bond motifs is 1. The highest BCUT2D eigenvalue weighted by molar-refractivity contribution is 5.81. The Morgan fingerprint density at radius 1 is 1.41 bits per heavy atom. The van der Waals surface area contributed by atoms with Crippen LogP contribution in [0.5, 0.6) is 0 Å². The highest BCUT2D eigenvalue weighted by atomic mass is 16.1. The summed E-state index contributed by atoms with van der Waals surface area (Å²) < 4.78 is 1.40. The van der Waals surface area contributed by atoms with Crippen LogP contribution in [-0.2, 0) is 0 Å². The van der Waals surface area contributed by atoms with Gasteiger partial charge in [-0.25, -0.2) is 4.52 Å². The topological polar surface area (TPSA) is 67.2 Å². The lowest BCUT2D eigenvalue weighted by atomic mass is 10.2. The SMILES string of the molecule is CCCC.Cc1c(C=O)cn2nc[nH]c(=O)c12. The Morgan fingerprint density at radius 2 is 2.06 bits per heavy atom. The minimum absolute atomic E-state index is 0.236. The maximum Gasteiger partial charge on any atom is 0.275 e. The van der Waals surface area contributed by atoms with Crippen molar-refractivity contribution in [1.29, 1.82) is 0 Å². The summed E-state index contributed by atoms with van der Waals surface area (Å²) in [6, 6.07) is 0. The van der Waals surface area contributed by atoms with Gasteiger partial charge in [0.25, 0.3) is 5.56 Å². The number of nitrogens with zero attached hydrogens (tertiary/aromatic N) is 2. The summed E-state index contributed by atoms with van der Waals surface area (Å²) in [7, 11) is 0. The van der Waals surface area contributed by atoms with Crippen molar-refractivity contribution in [2.45, 2.75) is 33.6 Å². The van der Waals surface area contributed by atoms with Crippen LogP contribution in [0.25, 0.3) is 5.52 Å². The fraction of sp³-hybridized carbons (Fsp3) is 0.417. The van der Waals surface area contributed by atoms with Crippen LogP contribution in [0.2, 0.25) is 0 Å². The number of aryl methyl sites for hydroxylation is 1. The second-order valence-electron chi connectivity index (χ2n) is 3.74. The average Bonchev–Trinajstić information content (AvgIpc) is 2.68. The van der Waals surface area contributed by atoms with Crippen molar-refractivity contribution in [3.63, 3.8) is 0 Å². The zero-order valence-electron chi connectivity index (χ0n) is 10.4. The molecule has 2 aromatic rings. The van der Waals surface area contributed by atoms with E-state index in [-0.39, 0.29) is 5.56 Å². The van der Waals surface area contributed by atoms with Crippen molar-refractivity contribution in [2.24, 2.45) is 0 Å². The highest BCUT2D eigenvalue weighted by Crippen LogP contribution is 2.09. The van der Waals surface area contributed by atoms with Crippen molar-refractivity contribution in [3.8, 4) is 0 Å². The van der Waals surface area contributed by atoms with Crippen molar-refractivity contribution in [3.05, 3.63) is 34.0 Å². The van der Waals surface area contributed by atoms with Gasteiger partial charge in [-0.1, -0.05) is 26.7 Å². The van der Waals surface area contributed by atoms with Crippen molar-refractivity contribution >= 4 is 11.8 Å². The number of H-pyrrole nitrogens is 1. The molecule has 0 aliphatic rings. The van der Waals surface area contributed by atoms with E-state index in [0.29, 0.717) is 22.9 Å². The lowest BCUT2D eigenvalue weighted by molar-refractivity contribution is 0.112. The Labute approximate surface area is 99.5 Å². The number of hydrogen-bond acceptors (Lipinski definition) is 3. The Kier molecular flexibility index (Phi) is 4.63. The standard InChI is InChI=1S/C8H7N3O2.C4H10/c1-5-6(3-12)2-11-7(5)8(13)9-4-10-11;1-3-4-2/h2-4H,1H3,(H,9,10,13);3-4H2,1-2H3. The first-order valence-electron chi connectivity index (χ1n) is 5.66. The van der Waals surface area contributed by atoms with Crippen LogP contribution in [-0.4, -0.2) is 20.9 Å². The molecule has 2 rings (SSSR count). The van der Waals surface area contributed by atoms with Gasteiger partial charge < -0.3 is 4.98 Å². The van der Waals surface area contributed by atoms with E-state index in [0.717, 1.165) is 0 Å². The first kappa shape index (κ1) is 13.2. The molecule has 0 saturated carbocycles. The normalized spacial score (nSPS) is 9.82. The summed E-state index contributed by atoms with van der Waals surface area (Å²) in [6.07, 6.45) is 6.18. The zero-order valence-corrected chi connectivity index (χ0v) is 10.4. The van der Waals surface area contributed by atoms with E-state index in [2.05, 4.69) is 23.9 Å². The first-order valence-corrected chi connectivity index (χ1v) is 5.66. The van der Waals surface area contributed by atoms with Crippen LogP contribution in [0, 0.1) is 6.92 Å². The molecule has 0 aromatic carbocycles. The maximum atomic E-state index is 11.3. The monoisotopic (exact) mass is 235 g/mol. The Balaban J connectivity index is 0.000000317. The molecule has 1 N–H and O–H groups in total. The van der Waals surface area contributed by atoms with E-state index in [4.69, 9.17) is 0 Å². The number of nitrogens with one attached hydrogen (secondary N) is 1. The molecule has 2 heterocycles. The number of hydrogen-bond donors (Lipinski definition) is 1. The van der Waals surface area contributed by atoms with Crippen molar-refractivity contribution < 1.29 is 4.79 Å². The third kappa shape index (κ3) is 2.81. The van der Waals surface area contributed by atoms with Crippen LogP contribution in [0.15, 0.2) is 17.3 Å². The summed E-state index contributed by atoms with van der Waals surface area (Å²) in [6.45, 7) is 6.08. The second-order valence-corrected chi connectivity index (χ2v) is 3.74. The summed E-state index contributed by atoms with van der Waals surface area (Å²) in [4.78, 5) is 24.3. The molecule has 0 aliphatic carbocycles. The predicted molar refractivity (Wildman–Crippen MR) is 66.5 cm³/mol. The number of carbonyl (C=O) groups excluding carboxylic acids is 1. The number of unbranched alkanes of at least 4 members (excludes halogenated alkanes) is 1. The first-order chi connectivity index (χ1) is 8.15. The lowest BCUT2D eigenvalue weighted by Crippen LogP contribution is -2.10. The number of rotatable bonds is 2. The third-order valence-electron chi connectivity index (χ3n) is 2.50. The van der Waals surface area contributed by atoms with Crippen LogP contribution >= 0.6 is 0 Å². The van der Waals surface area contributed by atoms with Crippen molar-refractivity contribution in [1.82, 2.24) is 14.6 Å². The molecule has 0 fully saturated rings. The fourth-order valence-corrected chi connectivity index (χ4v) is 1.30. The number of aromatic nitrogens is 3. The van der Waals surface area contributed by atoms with Crippen LogP contribution in [0.1, 0.15) is 42.6 Å². The van der Waals surface area contributed by atoms with E-state index in [1.54, 1.807) is 6.92 Å². The third-order valence-corrected chi connectivity index (χ3v) is 2.50. The molecule has 17 heavy (non-hydrogen) atoms. The van der Waals surface area contributed by atoms with Gasteiger partial charge in [0.15, 0.2) is 6.29 Å². The van der Waals surface area contributed by atoms with Crippen LogP contribution in [0.3, 0.4) is 0 Å². The molecular weight excluding hydrogens is 218 g/mol. The lowest BCUT2D eigenvalue weighted by Gasteiger charge is -1.90. The van der Waals surface area contributed by atoms with E-state index in [9.17, 15) is 9.59 Å². The molecule has 92 valence electrons. The molecule has 5 nitrogen and oxygen atoms in total. The number of aldehydes is 1. The van der Waals surface area contributed by atoms with E-state index in [1.165, 1.54) is 29.9 Å². The van der Waals surface area contributed by atoms with Gasteiger partial charge in [-0.15, -0.1) is 0 Å². The molecule has 0 unspecified atom stereocenters. The molecule has 2 aromatic heterocycles. The quantitative estimate of drug-likeness (QED) is 0.809. The van der Waals surface area contributed by atoms with E-state index < -0.39 is 0 Å². The molecule has 0 aliphatic heterocycles. The summed E-state index contributed by atoms with van der Waals surface area (Å²) >= 11 is 0. The fourth-order valence-electron chi connectivity index (χ4n) is 1.30. The van der Waals surface area contributed by atoms with Gasteiger partial charge >= 0.3 is 0 Å². The predicted octanol–water partition coefficient (Wildman–Crippen LogP) is 1.95. The largest absolute Gasteiger partial charge is 0.310 e. The summed E-state index contributed by atoms with van der Waals surface area (Å²) in [5.74, 6) is 0. The minimum Gasteiger partial charge on any atom is -0.310 e. The second kappa shape index (κ2) is 5.98. The molecular formula is C12H17N3O2. The Bertz CT molecular complexity index is 552. The van der Waals surface area contributed by atoms with Gasteiger partial charge in [0, 0.05) is 11.8 Å². The molecule has 0 saturated heterocycles. The zero-order chi connectivity index (χ0) is 12.8. The highest BCUT2D eigenvalue weighted by Gasteiger charge is 2.08. The van der Waals surface area contributed by atoms with Gasteiger partial charge in [-0.05, 0) is 12.5 Å². The van der Waals surface area contributed by atoms with Crippen LogP contribution < -0.4 is 5.56 Å². The maximum absolute atomic E-state index is 11.3. The Hall–Kier alpha value is -1.91. The van der Waals surface area contributed by atoms with E-state index >= 15 is 0 Å². The van der Waals surface area contributed by atoms with Crippen LogP contribution in [0.4, 0.5) is 0 Å². The van der Waals surface area contributed by atoms with Gasteiger partial charge in [0.05, 0.1) is 0 Å². The smallest absolute Gasteiger partial charge is 0.275 e. The molecule has 5 heteroatoms. The minimum atomic E-state index is -0.236. The number of aromatic amines is 1. The molecule has 0 radical (unpaired) electrons. The van der Waals surface area contributed by atoms with Crippen molar-refractivity contribution in [2.75, 3.05) is 0 Å². The molecule has 0 bridgehead atoms. The molecule has 0 amide bonds. The Morgan fingerprint density at radius 3 is 2.53 bits per heavy atom. The van der Waals surface area contributed by atoms with Gasteiger partial charge in [-0.3, -0.25) is 9.59 Å². The van der Waals surface area contributed by atoms with Gasteiger partial charge in [0.1, 0.15) is 11.8 Å². The van der Waals surface area contributed by atoms with Gasteiger partial charge in [0.2, 0.25) is 0 Å². The summed E-state index contributed by atoms with van der Waals surface area (Å²) in [5.41, 5.74) is 1.33. The van der Waals surface area contributed by atoms with Gasteiger partial charge in [-0.2, -0.15) is 5.10 Å². The molecule has 0 spiro atoms. The average molecular weight is 235 g/mol. The van der Waals surface area contributed by atoms with E-state index in [1.807, 2.05) is 0 Å².